The van der Waals surface area contributed by atoms with Crippen LogP contribution in [-0.4, -0.2) is 42.9 Å². The second-order valence-electron chi connectivity index (χ2n) is 2.31. The van der Waals surface area contributed by atoms with Crippen LogP contribution in [0.25, 0.3) is 0 Å². The molecule has 0 aromatic rings. The lowest BCUT2D eigenvalue weighted by Crippen LogP contribution is -2.31. The largest absolute Gasteiger partial charge is 0.332 e. The van der Waals surface area contributed by atoms with E-state index in [0.29, 0.717) is 5.82 Å². The van der Waals surface area contributed by atoms with Crippen molar-refractivity contribution in [2.24, 2.45) is 0 Å². The highest BCUT2D eigenvalue weighted by Crippen LogP contribution is 2.16. The van der Waals surface area contributed by atoms with Gasteiger partial charge in [0.2, 0.25) is 7.98 Å². The van der Waals surface area contributed by atoms with Crippen molar-refractivity contribution in [1.82, 2.24) is 14.8 Å². The first-order valence-electron chi connectivity index (χ1n) is 2.99. The van der Waals surface area contributed by atoms with Crippen molar-refractivity contribution in [3.63, 3.8) is 0 Å². The van der Waals surface area contributed by atoms with Crippen LogP contribution < -0.4 is 0 Å². The second kappa shape index (κ2) is 1.93. The number of carbonyl (C=O) groups excluding carboxylic acids is 1. The molecular formula is C5H10BN3O. The van der Waals surface area contributed by atoms with E-state index in [4.69, 9.17) is 0 Å². The first-order valence-corrected chi connectivity index (χ1v) is 2.99. The summed E-state index contributed by atoms with van der Waals surface area (Å²) in [6.45, 7) is 3.71. The molecule has 1 heterocycles. The minimum absolute atomic E-state index is 0.0486. The summed E-state index contributed by atoms with van der Waals surface area (Å²) in [5.74, 6) is 0.701. The molecule has 0 aromatic carbocycles. The van der Waals surface area contributed by atoms with Crippen LogP contribution in [0.1, 0.15) is 0 Å². The molecule has 54 valence electrons. The van der Waals surface area contributed by atoms with E-state index in [-0.39, 0.29) is 6.03 Å². The average molecular weight is 139 g/mol. The van der Waals surface area contributed by atoms with Gasteiger partial charge in [0.25, 0.3) is 0 Å². The maximum Gasteiger partial charge on any atom is 0.331 e. The van der Waals surface area contributed by atoms with Gasteiger partial charge in [-0.3, -0.25) is 5.01 Å². The number of nitrogens with zero attached hydrogens (tertiary/aromatic N) is 3. The normalized spacial score (nSPS) is 19.2. The molecule has 1 saturated heterocycles. The molecule has 5 heteroatoms. The van der Waals surface area contributed by atoms with E-state index in [1.807, 2.05) is 0 Å². The van der Waals surface area contributed by atoms with Gasteiger partial charge in [0.15, 0.2) is 0 Å². The summed E-state index contributed by atoms with van der Waals surface area (Å²) in [5.41, 5.74) is 0. The van der Waals surface area contributed by atoms with E-state index in [1.54, 1.807) is 27.1 Å². The maximum atomic E-state index is 11.1. The Bertz CT molecular complexity index is 173. The Morgan fingerprint density at radius 3 is 2.00 bits per heavy atom. The fraction of sp³-hybridized carbons (Fsp3) is 0.400. The minimum Gasteiger partial charge on any atom is -0.332 e. The molecule has 4 nitrogen and oxygen atoms in total. The van der Waals surface area contributed by atoms with Crippen molar-refractivity contribution in [3.05, 3.63) is 12.4 Å². The summed E-state index contributed by atoms with van der Waals surface area (Å²) >= 11 is 0. The predicted molar refractivity (Wildman–Crippen MR) is 40.4 cm³/mol. The van der Waals surface area contributed by atoms with Crippen molar-refractivity contribution < 1.29 is 4.79 Å². The molecule has 1 fully saturated rings. The van der Waals surface area contributed by atoms with E-state index in [0.717, 1.165) is 0 Å². The van der Waals surface area contributed by atoms with Crippen LogP contribution in [0.15, 0.2) is 12.4 Å². The summed E-state index contributed by atoms with van der Waals surface area (Å²) in [4.78, 5) is 12.6. The summed E-state index contributed by atoms with van der Waals surface area (Å²) in [7, 11) is 5.20. The Labute approximate surface area is 61.1 Å². The van der Waals surface area contributed by atoms with Crippen LogP contribution >= 0.6 is 0 Å². The third-order valence-electron chi connectivity index (χ3n) is 1.77. The van der Waals surface area contributed by atoms with Gasteiger partial charge < -0.3 is 4.81 Å². The molecular weight excluding hydrogens is 129 g/mol. The molecule has 0 bridgehead atoms. The molecule has 1 aliphatic heterocycles. The molecule has 0 aliphatic carbocycles. The molecule has 1 aliphatic rings. The summed E-state index contributed by atoms with van der Waals surface area (Å²) in [6, 6.07) is -0.0486. The predicted octanol–water partition coefficient (Wildman–Crippen LogP) is -0.780. The Morgan fingerprint density at radius 2 is 1.90 bits per heavy atom. The summed E-state index contributed by atoms with van der Waals surface area (Å²) < 4.78 is 0. The molecule has 0 spiro atoms. The number of amides is 2. The van der Waals surface area contributed by atoms with Crippen LogP contribution in [0.4, 0.5) is 4.79 Å². The highest BCUT2D eigenvalue weighted by atomic mass is 16.2. The summed E-state index contributed by atoms with van der Waals surface area (Å²) in [6.07, 6.45) is 0. The van der Waals surface area contributed by atoms with Crippen molar-refractivity contribution in [3.8, 4) is 0 Å². The van der Waals surface area contributed by atoms with Crippen LogP contribution in [0.5, 0.6) is 0 Å². The maximum absolute atomic E-state index is 11.1. The molecule has 10 heavy (non-hydrogen) atoms. The minimum atomic E-state index is -0.0486. The first kappa shape index (κ1) is 6.99. The van der Waals surface area contributed by atoms with Crippen LogP contribution in [-0.2, 0) is 0 Å². The first-order chi connectivity index (χ1) is 4.55. The fourth-order valence-electron chi connectivity index (χ4n) is 0.846. The second-order valence-corrected chi connectivity index (χ2v) is 2.31. The fourth-order valence-corrected chi connectivity index (χ4v) is 0.846. The van der Waals surface area contributed by atoms with Crippen molar-refractivity contribution in [1.29, 1.82) is 0 Å². The molecule has 0 unspecified atom stereocenters. The van der Waals surface area contributed by atoms with Crippen LogP contribution in [0.2, 0.25) is 0 Å². The lowest BCUT2D eigenvalue weighted by atomic mass is 10.3. The zero-order valence-corrected chi connectivity index (χ0v) is 6.46. The Balaban J connectivity index is 2.89. The van der Waals surface area contributed by atoms with Gasteiger partial charge in [0.05, 0.1) is 0 Å². The molecule has 0 radical (unpaired) electrons. The van der Waals surface area contributed by atoms with Crippen LogP contribution in [0.3, 0.4) is 0 Å². The average Bonchev–Trinajstić information content (AvgIpc) is 2.07. The van der Waals surface area contributed by atoms with E-state index < -0.39 is 0 Å². The number of hydrogen-bond acceptors (Lipinski definition) is 2. The van der Waals surface area contributed by atoms with Gasteiger partial charge in [0, 0.05) is 14.1 Å². The van der Waals surface area contributed by atoms with Gasteiger partial charge in [-0.2, -0.15) is 0 Å². The topological polar surface area (TPSA) is 26.8 Å². The SMILES string of the molecule is BN1C(=C)N(C)N(C)C1=O. The lowest BCUT2D eigenvalue weighted by molar-refractivity contribution is 0.132. The Hall–Kier alpha value is -1.13. The number of urea groups is 1. The molecule has 0 atom stereocenters. The van der Waals surface area contributed by atoms with Gasteiger partial charge in [-0.25, -0.2) is 9.80 Å². The molecule has 1 rings (SSSR count). The van der Waals surface area contributed by atoms with Crippen molar-refractivity contribution in [2.45, 2.75) is 0 Å². The number of hydrogen-bond donors (Lipinski definition) is 0. The van der Waals surface area contributed by atoms with E-state index in [2.05, 4.69) is 6.58 Å². The highest BCUT2D eigenvalue weighted by Gasteiger charge is 2.29. The van der Waals surface area contributed by atoms with Gasteiger partial charge in [-0.1, -0.05) is 6.58 Å². The number of hydrazine groups is 1. The summed E-state index contributed by atoms with van der Waals surface area (Å²) in [5, 5.41) is 3.20. The number of carbonyl (C=O) groups is 1. The smallest absolute Gasteiger partial charge is 0.331 e. The van der Waals surface area contributed by atoms with Gasteiger partial charge in [-0.05, 0) is 0 Å². The third-order valence-corrected chi connectivity index (χ3v) is 1.77. The van der Waals surface area contributed by atoms with Crippen LogP contribution in [0, 0.1) is 0 Å². The van der Waals surface area contributed by atoms with Gasteiger partial charge >= 0.3 is 6.03 Å². The van der Waals surface area contributed by atoms with E-state index >= 15 is 0 Å². The van der Waals surface area contributed by atoms with Crippen molar-refractivity contribution in [2.75, 3.05) is 14.1 Å². The highest BCUT2D eigenvalue weighted by molar-refractivity contribution is 6.15. The quantitative estimate of drug-likeness (QED) is 0.411. The molecule has 0 N–H and O–H groups in total. The molecule has 0 saturated carbocycles. The van der Waals surface area contributed by atoms with Crippen molar-refractivity contribution >= 4 is 14.0 Å². The van der Waals surface area contributed by atoms with Gasteiger partial charge in [0.1, 0.15) is 5.82 Å². The Morgan fingerprint density at radius 1 is 1.40 bits per heavy atom. The third kappa shape index (κ3) is 0.666. The lowest BCUT2D eigenvalue weighted by Gasteiger charge is -2.18. The Kier molecular flexibility index (Phi) is 1.35. The van der Waals surface area contributed by atoms with E-state index in [1.165, 1.54) is 9.82 Å². The molecule has 2 amide bonds. The van der Waals surface area contributed by atoms with E-state index in [9.17, 15) is 4.79 Å². The zero-order valence-electron chi connectivity index (χ0n) is 6.46. The van der Waals surface area contributed by atoms with Gasteiger partial charge in [-0.15, -0.1) is 0 Å². The monoisotopic (exact) mass is 139 g/mol. The standard InChI is InChI=1S/C5H10BN3O/c1-4-7(2)8(3)5(10)9(4)6/h1,6H2,2-3H3. The number of rotatable bonds is 0. The zero-order chi connectivity index (χ0) is 7.89. The molecule has 0 aromatic heterocycles.